The van der Waals surface area contributed by atoms with Gasteiger partial charge in [-0.05, 0) is 12.8 Å². The molecule has 0 aromatic rings. The molecular weight excluding hydrogens is 167 g/mol. The Morgan fingerprint density at radius 1 is 1.17 bits per heavy atom. The molecule has 0 radical (unpaired) electrons. The van der Waals surface area contributed by atoms with Gasteiger partial charge in [-0.25, -0.2) is 4.79 Å². The summed E-state index contributed by atoms with van der Waals surface area (Å²) in [5.74, 6) is -1.76. The van der Waals surface area contributed by atoms with Gasteiger partial charge in [-0.2, -0.15) is 0 Å². The van der Waals surface area contributed by atoms with Gasteiger partial charge in [0, 0.05) is 17.4 Å². The second kappa shape index (κ2) is 6.57. The van der Waals surface area contributed by atoms with Crippen LogP contribution in [-0.2, 0) is 14.5 Å². The second-order valence-electron chi connectivity index (χ2n) is 2.40. The van der Waals surface area contributed by atoms with Gasteiger partial charge >= 0.3 is 11.9 Å². The van der Waals surface area contributed by atoms with Crippen molar-refractivity contribution >= 4 is 11.9 Å². The van der Waals surface area contributed by atoms with E-state index in [1.54, 1.807) is 0 Å². The zero-order chi connectivity index (χ0) is 9.40. The highest BCUT2D eigenvalue weighted by Gasteiger charge is 2.02. The Morgan fingerprint density at radius 2 is 1.75 bits per heavy atom. The van der Waals surface area contributed by atoms with Gasteiger partial charge in [0.15, 0.2) is 0 Å². The van der Waals surface area contributed by atoms with Crippen LogP contribution < -0.4 is 0 Å². The number of rotatable bonds is 6. The highest BCUT2D eigenvalue weighted by atomic mass is 19.3. The third-order valence-electron chi connectivity index (χ3n) is 1.36. The van der Waals surface area contributed by atoms with Gasteiger partial charge < -0.3 is 5.11 Å². The molecule has 0 saturated carbocycles. The predicted molar refractivity (Wildman–Crippen MR) is 37.9 cm³/mol. The number of carboxylic acid groups (broad SMARTS) is 1. The van der Waals surface area contributed by atoms with Gasteiger partial charge in [0.2, 0.25) is 0 Å². The van der Waals surface area contributed by atoms with Crippen LogP contribution in [0, 0.1) is 0 Å². The first-order valence-corrected chi connectivity index (χ1v) is 3.70. The molecule has 5 heteroatoms. The number of aliphatic carboxylic acids is 1. The Kier molecular flexibility index (Phi) is 5.95. The van der Waals surface area contributed by atoms with Crippen molar-refractivity contribution in [3.05, 3.63) is 0 Å². The van der Waals surface area contributed by atoms with Crippen LogP contribution >= 0.6 is 0 Å². The zero-order valence-electron chi connectivity index (χ0n) is 6.59. The first kappa shape index (κ1) is 10.9. The molecule has 0 aromatic heterocycles. The summed E-state index contributed by atoms with van der Waals surface area (Å²) >= 11 is 0. The minimum Gasteiger partial charge on any atom is -0.481 e. The molecule has 0 aromatic carbocycles. The minimum atomic E-state index is -0.898. The molecule has 0 fully saturated rings. The zero-order valence-corrected chi connectivity index (χ0v) is 6.59. The molecule has 0 rings (SSSR count). The molecule has 0 spiro atoms. The Balaban J connectivity index is 3.11. The van der Waals surface area contributed by atoms with Gasteiger partial charge in [-0.1, -0.05) is 6.42 Å². The van der Waals surface area contributed by atoms with Crippen molar-refractivity contribution in [1.29, 1.82) is 0 Å². The van der Waals surface area contributed by atoms with Crippen LogP contribution in [0.5, 0.6) is 0 Å². The molecule has 70 valence electrons. The number of halogens is 1. The van der Waals surface area contributed by atoms with Crippen LogP contribution in [0.15, 0.2) is 0 Å². The van der Waals surface area contributed by atoms with E-state index in [-0.39, 0.29) is 12.8 Å². The van der Waals surface area contributed by atoms with E-state index in [4.69, 9.17) is 5.11 Å². The summed E-state index contributed by atoms with van der Waals surface area (Å²) < 4.78 is 11.1. The lowest BCUT2D eigenvalue weighted by molar-refractivity contribution is -0.183. The van der Waals surface area contributed by atoms with Crippen molar-refractivity contribution in [2.45, 2.75) is 32.1 Å². The fourth-order valence-corrected chi connectivity index (χ4v) is 0.761. The van der Waals surface area contributed by atoms with E-state index >= 15 is 0 Å². The summed E-state index contributed by atoms with van der Waals surface area (Å²) in [6, 6.07) is 0. The number of carboxylic acids is 1. The molecule has 0 aliphatic rings. The lowest BCUT2D eigenvalue weighted by atomic mass is 10.1. The van der Waals surface area contributed by atoms with Gasteiger partial charge in [0.1, 0.15) is 0 Å². The van der Waals surface area contributed by atoms with Gasteiger partial charge in [0.05, 0.1) is 0 Å². The number of hydrogen-bond donors (Lipinski definition) is 1. The summed E-state index contributed by atoms with van der Waals surface area (Å²) in [6.45, 7) is 0. The van der Waals surface area contributed by atoms with E-state index in [0.717, 1.165) is 0 Å². The molecule has 1 N–H and O–H groups in total. The fourth-order valence-electron chi connectivity index (χ4n) is 0.761. The van der Waals surface area contributed by atoms with Crippen LogP contribution in [0.25, 0.3) is 0 Å². The molecule has 0 unspecified atom stereocenters. The van der Waals surface area contributed by atoms with Crippen molar-refractivity contribution in [3.8, 4) is 0 Å². The highest BCUT2D eigenvalue weighted by Crippen LogP contribution is 2.03. The van der Waals surface area contributed by atoms with Crippen molar-refractivity contribution in [2.75, 3.05) is 0 Å². The van der Waals surface area contributed by atoms with E-state index in [0.29, 0.717) is 19.3 Å². The molecule has 0 aliphatic carbocycles. The third-order valence-corrected chi connectivity index (χ3v) is 1.36. The quantitative estimate of drug-likeness (QED) is 0.625. The molecule has 0 amide bonds. The topological polar surface area (TPSA) is 63.6 Å². The number of carbonyl (C=O) groups excluding carboxylic acids is 1. The maximum atomic E-state index is 11.1. The summed E-state index contributed by atoms with van der Waals surface area (Å²) in [5, 5.41) is 8.22. The Hall–Kier alpha value is -1.13. The van der Waals surface area contributed by atoms with Gasteiger partial charge in [0.25, 0.3) is 0 Å². The van der Waals surface area contributed by atoms with E-state index in [1.807, 2.05) is 0 Å². The second-order valence-corrected chi connectivity index (χ2v) is 2.40. The lowest BCUT2D eigenvalue weighted by Gasteiger charge is -1.95. The maximum Gasteiger partial charge on any atom is 0.348 e. The van der Waals surface area contributed by atoms with E-state index in [9.17, 15) is 14.1 Å². The monoisotopic (exact) mass is 178 g/mol. The minimum absolute atomic E-state index is 0.0100. The largest absolute Gasteiger partial charge is 0.481 e. The lowest BCUT2D eigenvalue weighted by Crippen LogP contribution is -1.98. The Morgan fingerprint density at radius 3 is 2.25 bits per heavy atom. The number of carbonyl (C=O) groups is 2. The molecule has 12 heavy (non-hydrogen) atoms. The SMILES string of the molecule is O=C(O)CCCCCC(=O)OF. The maximum absolute atomic E-state index is 11.1. The average molecular weight is 178 g/mol. The molecule has 0 atom stereocenters. The van der Waals surface area contributed by atoms with Crippen LogP contribution in [0.3, 0.4) is 0 Å². The molecular formula is C7H11FO4. The Bertz CT molecular complexity index is 157. The predicted octanol–water partition coefficient (Wildman–Crippen LogP) is 1.45. The fraction of sp³-hybridized carbons (Fsp3) is 0.714. The standard InChI is InChI=1S/C7H11FO4/c8-12-7(11)5-3-1-2-4-6(9)10/h1-5H2,(H,9,10). The van der Waals surface area contributed by atoms with Crippen LogP contribution in [0.1, 0.15) is 32.1 Å². The molecule has 4 nitrogen and oxygen atoms in total. The van der Waals surface area contributed by atoms with Crippen molar-refractivity contribution in [3.63, 3.8) is 0 Å². The van der Waals surface area contributed by atoms with Gasteiger partial charge in [-0.15, -0.1) is 0 Å². The molecule has 0 bridgehead atoms. The molecule has 0 saturated heterocycles. The molecule has 0 heterocycles. The van der Waals surface area contributed by atoms with Crippen LogP contribution in [-0.4, -0.2) is 17.0 Å². The van der Waals surface area contributed by atoms with Crippen LogP contribution in [0.2, 0.25) is 0 Å². The smallest absolute Gasteiger partial charge is 0.348 e. The first-order chi connectivity index (χ1) is 5.66. The number of hydrogen-bond acceptors (Lipinski definition) is 3. The van der Waals surface area contributed by atoms with E-state index in [1.165, 1.54) is 0 Å². The Labute approximate surface area is 69.2 Å². The summed E-state index contributed by atoms with van der Waals surface area (Å²) in [5.41, 5.74) is 0. The summed E-state index contributed by atoms with van der Waals surface area (Å²) in [7, 11) is 0. The van der Waals surface area contributed by atoms with E-state index in [2.05, 4.69) is 4.94 Å². The summed E-state index contributed by atoms with van der Waals surface area (Å²) in [6.07, 6.45) is 1.67. The van der Waals surface area contributed by atoms with Gasteiger partial charge in [-0.3, -0.25) is 9.74 Å². The highest BCUT2D eigenvalue weighted by molar-refractivity contribution is 5.68. The average Bonchev–Trinajstić information content (AvgIpc) is 2.03. The summed E-state index contributed by atoms with van der Waals surface area (Å²) in [4.78, 5) is 23.1. The van der Waals surface area contributed by atoms with Crippen molar-refractivity contribution < 1.29 is 24.2 Å². The third kappa shape index (κ3) is 6.98. The number of unbranched alkanes of at least 4 members (excludes halogenated alkanes) is 2. The van der Waals surface area contributed by atoms with Crippen LogP contribution in [0.4, 0.5) is 4.53 Å². The molecule has 0 aliphatic heterocycles. The first-order valence-electron chi connectivity index (χ1n) is 3.70. The van der Waals surface area contributed by atoms with Crippen molar-refractivity contribution in [1.82, 2.24) is 0 Å². The van der Waals surface area contributed by atoms with Crippen molar-refractivity contribution in [2.24, 2.45) is 0 Å². The normalized spacial score (nSPS) is 9.42. The van der Waals surface area contributed by atoms with E-state index < -0.39 is 11.9 Å².